The number of hydrogen-bond acceptors (Lipinski definition) is 4. The average molecular weight is 249 g/mol. The van der Waals surface area contributed by atoms with Crippen molar-refractivity contribution in [1.82, 2.24) is 4.98 Å². The third-order valence-electron chi connectivity index (χ3n) is 2.43. The predicted molar refractivity (Wildman–Crippen MR) is 65.8 cm³/mol. The van der Waals surface area contributed by atoms with E-state index < -0.39 is 5.97 Å². The second-order valence-electron chi connectivity index (χ2n) is 3.52. The van der Waals surface area contributed by atoms with E-state index in [4.69, 9.17) is 9.84 Å². The maximum Gasteiger partial charge on any atom is 0.348 e. The van der Waals surface area contributed by atoms with Crippen molar-refractivity contribution < 1.29 is 14.6 Å². The number of ether oxygens (including phenoxy) is 1. The van der Waals surface area contributed by atoms with Gasteiger partial charge in [-0.15, -0.1) is 11.3 Å². The van der Waals surface area contributed by atoms with Gasteiger partial charge >= 0.3 is 5.97 Å². The molecule has 0 aliphatic carbocycles. The SMILES string of the molecule is COc1ccc(-c2ncsc2C(=O)O)cc1C. The molecule has 0 spiro atoms. The molecule has 0 atom stereocenters. The van der Waals surface area contributed by atoms with Crippen LogP contribution in [0.1, 0.15) is 15.2 Å². The molecule has 1 heterocycles. The fourth-order valence-electron chi connectivity index (χ4n) is 1.63. The van der Waals surface area contributed by atoms with Gasteiger partial charge in [0.1, 0.15) is 10.6 Å². The number of aromatic carboxylic acids is 1. The van der Waals surface area contributed by atoms with Crippen molar-refractivity contribution in [1.29, 1.82) is 0 Å². The van der Waals surface area contributed by atoms with Gasteiger partial charge in [0.2, 0.25) is 0 Å². The van der Waals surface area contributed by atoms with Crippen molar-refractivity contribution >= 4 is 17.3 Å². The highest BCUT2D eigenvalue weighted by Gasteiger charge is 2.15. The van der Waals surface area contributed by atoms with Crippen molar-refractivity contribution in [3.05, 3.63) is 34.2 Å². The smallest absolute Gasteiger partial charge is 0.348 e. The topological polar surface area (TPSA) is 59.4 Å². The van der Waals surface area contributed by atoms with Gasteiger partial charge in [-0.1, -0.05) is 0 Å². The van der Waals surface area contributed by atoms with Crippen molar-refractivity contribution in [2.75, 3.05) is 7.11 Å². The van der Waals surface area contributed by atoms with Crippen LogP contribution in [-0.2, 0) is 0 Å². The summed E-state index contributed by atoms with van der Waals surface area (Å²) in [6.07, 6.45) is 0. The van der Waals surface area contributed by atoms with E-state index in [0.717, 1.165) is 28.2 Å². The number of nitrogens with zero attached hydrogens (tertiary/aromatic N) is 1. The largest absolute Gasteiger partial charge is 0.496 e. The molecule has 1 aromatic carbocycles. The summed E-state index contributed by atoms with van der Waals surface area (Å²) in [7, 11) is 1.60. The van der Waals surface area contributed by atoms with Gasteiger partial charge in [-0.25, -0.2) is 9.78 Å². The molecular weight excluding hydrogens is 238 g/mol. The molecule has 0 bridgehead atoms. The van der Waals surface area contributed by atoms with Gasteiger partial charge in [0.25, 0.3) is 0 Å². The van der Waals surface area contributed by atoms with Crippen molar-refractivity contribution in [2.24, 2.45) is 0 Å². The lowest BCUT2D eigenvalue weighted by molar-refractivity contribution is 0.0702. The van der Waals surface area contributed by atoms with Crippen LogP contribution in [0.25, 0.3) is 11.3 Å². The van der Waals surface area contributed by atoms with E-state index in [-0.39, 0.29) is 4.88 Å². The van der Waals surface area contributed by atoms with Crippen molar-refractivity contribution in [3.8, 4) is 17.0 Å². The van der Waals surface area contributed by atoms with Crippen LogP contribution >= 0.6 is 11.3 Å². The normalized spacial score (nSPS) is 10.2. The van der Waals surface area contributed by atoms with Gasteiger partial charge in [-0.3, -0.25) is 0 Å². The minimum atomic E-state index is -0.948. The van der Waals surface area contributed by atoms with E-state index in [1.54, 1.807) is 12.6 Å². The Labute approximate surface area is 103 Å². The molecule has 0 aliphatic heterocycles. The summed E-state index contributed by atoms with van der Waals surface area (Å²) in [6, 6.07) is 5.50. The Morgan fingerprint density at radius 2 is 2.24 bits per heavy atom. The lowest BCUT2D eigenvalue weighted by Crippen LogP contribution is -1.96. The number of methoxy groups -OCH3 is 1. The Balaban J connectivity index is 2.50. The highest BCUT2D eigenvalue weighted by atomic mass is 32.1. The molecule has 0 fully saturated rings. The molecule has 88 valence electrons. The van der Waals surface area contributed by atoms with Crippen LogP contribution in [0.15, 0.2) is 23.7 Å². The van der Waals surface area contributed by atoms with Gasteiger partial charge in [0, 0.05) is 5.56 Å². The summed E-state index contributed by atoms with van der Waals surface area (Å²) in [5, 5.41) is 9.03. The summed E-state index contributed by atoms with van der Waals surface area (Å²) in [6.45, 7) is 1.91. The molecular formula is C12H11NO3S. The Kier molecular flexibility index (Phi) is 3.10. The first-order valence-corrected chi connectivity index (χ1v) is 5.83. The Bertz CT molecular complexity index is 563. The average Bonchev–Trinajstić information content (AvgIpc) is 2.77. The molecule has 4 nitrogen and oxygen atoms in total. The van der Waals surface area contributed by atoms with Crippen LogP contribution in [0.5, 0.6) is 5.75 Å². The molecule has 0 saturated carbocycles. The Hall–Kier alpha value is -1.88. The van der Waals surface area contributed by atoms with Crippen molar-refractivity contribution in [2.45, 2.75) is 6.92 Å². The lowest BCUT2D eigenvalue weighted by Gasteiger charge is -2.06. The van der Waals surface area contributed by atoms with Crippen LogP contribution in [-0.4, -0.2) is 23.2 Å². The lowest BCUT2D eigenvalue weighted by atomic mass is 10.1. The number of aryl methyl sites for hydroxylation is 1. The number of carbonyl (C=O) groups is 1. The minimum Gasteiger partial charge on any atom is -0.496 e. The first kappa shape index (κ1) is 11.6. The minimum absolute atomic E-state index is 0.259. The maximum absolute atomic E-state index is 11.0. The second-order valence-corrected chi connectivity index (χ2v) is 4.37. The number of thiazole rings is 1. The van der Waals surface area contributed by atoms with Crippen molar-refractivity contribution in [3.63, 3.8) is 0 Å². The fraction of sp³-hybridized carbons (Fsp3) is 0.167. The molecule has 2 rings (SSSR count). The second kappa shape index (κ2) is 4.55. The van der Waals surface area contributed by atoms with E-state index in [9.17, 15) is 4.79 Å². The molecule has 0 saturated heterocycles. The zero-order valence-corrected chi connectivity index (χ0v) is 10.2. The molecule has 17 heavy (non-hydrogen) atoms. The maximum atomic E-state index is 11.0. The summed E-state index contributed by atoms with van der Waals surface area (Å²) >= 11 is 1.13. The number of rotatable bonds is 3. The van der Waals surface area contributed by atoms with Crippen LogP contribution in [0.3, 0.4) is 0 Å². The molecule has 0 aliphatic rings. The summed E-state index contributed by atoms with van der Waals surface area (Å²) in [5.41, 5.74) is 3.79. The van der Waals surface area contributed by atoms with Gasteiger partial charge in [-0.05, 0) is 30.7 Å². The number of carboxylic acid groups (broad SMARTS) is 1. The molecule has 0 unspecified atom stereocenters. The molecule has 1 N–H and O–H groups in total. The zero-order valence-electron chi connectivity index (χ0n) is 9.43. The molecule has 5 heteroatoms. The monoisotopic (exact) mass is 249 g/mol. The molecule has 0 radical (unpaired) electrons. The van der Waals surface area contributed by atoms with Crippen LogP contribution < -0.4 is 4.74 Å². The standard InChI is InChI=1S/C12H11NO3S/c1-7-5-8(3-4-9(7)16-2)10-11(12(14)15)17-6-13-10/h3-6H,1-2H3,(H,14,15). The Morgan fingerprint density at radius 1 is 1.47 bits per heavy atom. The first-order valence-electron chi connectivity index (χ1n) is 4.95. The quantitative estimate of drug-likeness (QED) is 0.908. The van der Waals surface area contributed by atoms with Crippen LogP contribution in [0.2, 0.25) is 0 Å². The number of hydrogen-bond donors (Lipinski definition) is 1. The van der Waals surface area contributed by atoms with Crippen LogP contribution in [0.4, 0.5) is 0 Å². The summed E-state index contributed by atoms with van der Waals surface area (Å²) in [4.78, 5) is 15.4. The fourth-order valence-corrected chi connectivity index (χ4v) is 2.28. The molecule has 2 aromatic rings. The summed E-state index contributed by atoms with van der Waals surface area (Å²) in [5.74, 6) is -0.170. The Morgan fingerprint density at radius 3 is 2.82 bits per heavy atom. The van der Waals surface area contributed by atoms with Crippen LogP contribution in [0, 0.1) is 6.92 Å². The third kappa shape index (κ3) is 2.14. The van der Waals surface area contributed by atoms with Gasteiger partial charge in [0.05, 0.1) is 18.3 Å². The number of carboxylic acids is 1. The van der Waals surface area contributed by atoms with E-state index >= 15 is 0 Å². The molecule has 1 aromatic heterocycles. The number of benzene rings is 1. The highest BCUT2D eigenvalue weighted by molar-refractivity contribution is 7.12. The first-order chi connectivity index (χ1) is 8.13. The van der Waals surface area contributed by atoms with Gasteiger partial charge < -0.3 is 9.84 Å². The predicted octanol–water partition coefficient (Wildman–Crippen LogP) is 2.83. The number of aromatic nitrogens is 1. The van der Waals surface area contributed by atoms with E-state index in [2.05, 4.69) is 4.98 Å². The van der Waals surface area contributed by atoms with E-state index in [1.807, 2.05) is 25.1 Å². The molecule has 0 amide bonds. The van der Waals surface area contributed by atoms with Gasteiger partial charge in [-0.2, -0.15) is 0 Å². The van der Waals surface area contributed by atoms with Gasteiger partial charge in [0.15, 0.2) is 0 Å². The van der Waals surface area contributed by atoms with E-state index in [0.29, 0.717) is 5.69 Å². The highest BCUT2D eigenvalue weighted by Crippen LogP contribution is 2.29. The zero-order chi connectivity index (χ0) is 12.4. The third-order valence-corrected chi connectivity index (χ3v) is 3.24. The summed E-state index contributed by atoms with van der Waals surface area (Å²) < 4.78 is 5.16. The van der Waals surface area contributed by atoms with E-state index in [1.165, 1.54) is 0 Å².